The Balaban J connectivity index is 2.54. The van der Waals surface area contributed by atoms with Gasteiger partial charge in [0.15, 0.2) is 0 Å². The molecule has 1 aromatic carbocycles. The number of carbonyl (C=O) groups excluding carboxylic acids is 1. The van der Waals surface area contributed by atoms with Gasteiger partial charge in [-0.15, -0.1) is 0 Å². The normalized spacial score (nSPS) is 11.2. The lowest BCUT2D eigenvalue weighted by Crippen LogP contribution is -2.27. The Morgan fingerprint density at radius 1 is 1.21 bits per heavy atom. The van der Waals surface area contributed by atoms with E-state index in [1.807, 2.05) is 26.0 Å². The number of amides is 1. The Kier molecular flexibility index (Phi) is 5.79. The maximum absolute atomic E-state index is 11.6. The third kappa shape index (κ3) is 5.28. The molecule has 0 spiro atoms. The van der Waals surface area contributed by atoms with E-state index in [0.29, 0.717) is 12.1 Å². The van der Waals surface area contributed by atoms with Gasteiger partial charge in [0.25, 0.3) is 5.91 Å². The van der Waals surface area contributed by atoms with Gasteiger partial charge < -0.3 is 20.8 Å². The molecule has 5 nitrogen and oxygen atoms in total. The number of benzene rings is 1. The SMILES string of the molecule is CC(C)(CO)CNc1ccc(C(=O)NCCO)cc1. The quantitative estimate of drug-likeness (QED) is 0.589. The summed E-state index contributed by atoms with van der Waals surface area (Å²) >= 11 is 0. The van der Waals surface area contributed by atoms with E-state index in [1.54, 1.807) is 12.1 Å². The average molecular weight is 266 g/mol. The molecule has 0 aromatic heterocycles. The van der Waals surface area contributed by atoms with Gasteiger partial charge in [-0.05, 0) is 24.3 Å². The number of hydrogen-bond donors (Lipinski definition) is 4. The van der Waals surface area contributed by atoms with E-state index in [0.717, 1.165) is 5.69 Å². The first kappa shape index (κ1) is 15.5. The van der Waals surface area contributed by atoms with E-state index in [4.69, 9.17) is 10.2 Å². The highest BCUT2D eigenvalue weighted by Gasteiger charge is 2.15. The van der Waals surface area contributed by atoms with Gasteiger partial charge in [0, 0.05) is 36.4 Å². The molecule has 0 aliphatic rings. The van der Waals surface area contributed by atoms with Crippen molar-refractivity contribution in [2.45, 2.75) is 13.8 Å². The van der Waals surface area contributed by atoms with Crippen LogP contribution in [0.5, 0.6) is 0 Å². The first-order chi connectivity index (χ1) is 8.98. The number of rotatable bonds is 7. The molecule has 0 fully saturated rings. The molecule has 0 heterocycles. The van der Waals surface area contributed by atoms with Gasteiger partial charge in [-0.3, -0.25) is 4.79 Å². The molecule has 0 bridgehead atoms. The maximum Gasteiger partial charge on any atom is 0.251 e. The standard InChI is InChI=1S/C14H22N2O3/c1-14(2,10-18)9-16-12-5-3-11(4-6-12)13(19)15-7-8-17/h3-6,16-18H,7-10H2,1-2H3,(H,15,19). The van der Waals surface area contributed by atoms with Crippen LogP contribution in [0.15, 0.2) is 24.3 Å². The topological polar surface area (TPSA) is 81.6 Å². The van der Waals surface area contributed by atoms with Crippen LogP contribution < -0.4 is 10.6 Å². The lowest BCUT2D eigenvalue weighted by atomic mass is 9.95. The molecule has 106 valence electrons. The largest absolute Gasteiger partial charge is 0.396 e. The van der Waals surface area contributed by atoms with Crippen LogP contribution in [0.2, 0.25) is 0 Å². The molecular formula is C14H22N2O3. The lowest BCUT2D eigenvalue weighted by molar-refractivity contribution is 0.0945. The van der Waals surface area contributed by atoms with Crippen molar-refractivity contribution in [3.05, 3.63) is 29.8 Å². The summed E-state index contributed by atoms with van der Waals surface area (Å²) in [6, 6.07) is 7.09. The molecule has 1 aromatic rings. The summed E-state index contributed by atoms with van der Waals surface area (Å²) in [7, 11) is 0. The van der Waals surface area contributed by atoms with Gasteiger partial charge in [0.2, 0.25) is 0 Å². The van der Waals surface area contributed by atoms with Crippen LogP contribution in [0, 0.1) is 5.41 Å². The molecule has 0 atom stereocenters. The number of hydrogen-bond acceptors (Lipinski definition) is 4. The zero-order valence-electron chi connectivity index (χ0n) is 11.4. The van der Waals surface area contributed by atoms with Gasteiger partial charge in [0.05, 0.1) is 6.61 Å². The summed E-state index contributed by atoms with van der Waals surface area (Å²) < 4.78 is 0. The molecule has 1 amide bonds. The highest BCUT2D eigenvalue weighted by atomic mass is 16.3. The third-order valence-corrected chi connectivity index (χ3v) is 2.74. The fourth-order valence-corrected chi connectivity index (χ4v) is 1.41. The number of anilines is 1. The molecule has 4 N–H and O–H groups in total. The summed E-state index contributed by atoms with van der Waals surface area (Å²) in [5.41, 5.74) is 1.28. The maximum atomic E-state index is 11.6. The second-order valence-corrected chi connectivity index (χ2v) is 5.23. The van der Waals surface area contributed by atoms with Crippen molar-refractivity contribution in [3.63, 3.8) is 0 Å². The Morgan fingerprint density at radius 2 is 1.84 bits per heavy atom. The van der Waals surface area contributed by atoms with Gasteiger partial charge in [-0.25, -0.2) is 0 Å². The summed E-state index contributed by atoms with van der Waals surface area (Å²) in [6.07, 6.45) is 0. The third-order valence-electron chi connectivity index (χ3n) is 2.74. The van der Waals surface area contributed by atoms with E-state index in [1.165, 1.54) is 0 Å². The number of aliphatic hydroxyl groups excluding tert-OH is 2. The van der Waals surface area contributed by atoms with Crippen LogP contribution in [0.3, 0.4) is 0 Å². The van der Waals surface area contributed by atoms with Crippen LogP contribution in [0.25, 0.3) is 0 Å². The van der Waals surface area contributed by atoms with Crippen LogP contribution in [-0.2, 0) is 0 Å². The summed E-state index contributed by atoms with van der Waals surface area (Å²) in [5.74, 6) is -0.198. The van der Waals surface area contributed by atoms with E-state index < -0.39 is 0 Å². The second kappa shape index (κ2) is 7.11. The van der Waals surface area contributed by atoms with Crippen molar-refractivity contribution in [1.29, 1.82) is 0 Å². The molecular weight excluding hydrogens is 244 g/mol. The molecule has 0 saturated heterocycles. The van der Waals surface area contributed by atoms with Crippen molar-refractivity contribution in [2.24, 2.45) is 5.41 Å². The molecule has 19 heavy (non-hydrogen) atoms. The van der Waals surface area contributed by atoms with E-state index in [2.05, 4.69) is 10.6 Å². The Morgan fingerprint density at radius 3 is 2.37 bits per heavy atom. The number of carbonyl (C=O) groups is 1. The summed E-state index contributed by atoms with van der Waals surface area (Å²) in [4.78, 5) is 11.6. The van der Waals surface area contributed by atoms with E-state index >= 15 is 0 Å². The second-order valence-electron chi connectivity index (χ2n) is 5.23. The Bertz CT molecular complexity index is 402. The predicted octanol–water partition coefficient (Wildman–Crippen LogP) is 0.839. The highest BCUT2D eigenvalue weighted by molar-refractivity contribution is 5.94. The first-order valence-electron chi connectivity index (χ1n) is 6.32. The van der Waals surface area contributed by atoms with Gasteiger partial charge >= 0.3 is 0 Å². The van der Waals surface area contributed by atoms with Crippen molar-refractivity contribution in [3.8, 4) is 0 Å². The van der Waals surface area contributed by atoms with Gasteiger partial charge in [-0.1, -0.05) is 13.8 Å². The van der Waals surface area contributed by atoms with Gasteiger partial charge in [-0.2, -0.15) is 0 Å². The van der Waals surface area contributed by atoms with Crippen LogP contribution >= 0.6 is 0 Å². The summed E-state index contributed by atoms with van der Waals surface area (Å²) in [6.45, 7) is 4.89. The molecule has 0 radical (unpaired) electrons. The molecule has 1 rings (SSSR count). The van der Waals surface area contributed by atoms with Crippen molar-refractivity contribution in [1.82, 2.24) is 5.32 Å². The predicted molar refractivity (Wildman–Crippen MR) is 75.2 cm³/mol. The lowest BCUT2D eigenvalue weighted by Gasteiger charge is -2.22. The zero-order valence-corrected chi connectivity index (χ0v) is 11.4. The fraction of sp³-hybridized carbons (Fsp3) is 0.500. The minimum absolute atomic E-state index is 0.0678. The smallest absolute Gasteiger partial charge is 0.251 e. The van der Waals surface area contributed by atoms with Crippen molar-refractivity contribution in [2.75, 3.05) is 31.6 Å². The Labute approximate surface area is 113 Å². The van der Waals surface area contributed by atoms with Gasteiger partial charge in [0.1, 0.15) is 0 Å². The minimum atomic E-state index is -0.198. The van der Waals surface area contributed by atoms with E-state index in [9.17, 15) is 4.79 Å². The molecule has 0 saturated carbocycles. The number of nitrogens with one attached hydrogen (secondary N) is 2. The average Bonchev–Trinajstić information content (AvgIpc) is 2.43. The van der Waals surface area contributed by atoms with Crippen molar-refractivity contribution < 1.29 is 15.0 Å². The van der Waals surface area contributed by atoms with Crippen LogP contribution in [0.4, 0.5) is 5.69 Å². The molecule has 0 unspecified atom stereocenters. The fourth-order valence-electron chi connectivity index (χ4n) is 1.41. The minimum Gasteiger partial charge on any atom is -0.396 e. The van der Waals surface area contributed by atoms with E-state index in [-0.39, 0.29) is 31.1 Å². The highest BCUT2D eigenvalue weighted by Crippen LogP contribution is 2.16. The molecule has 5 heteroatoms. The van der Waals surface area contributed by atoms with Crippen LogP contribution in [0.1, 0.15) is 24.2 Å². The van der Waals surface area contributed by atoms with Crippen molar-refractivity contribution >= 4 is 11.6 Å². The Hall–Kier alpha value is -1.59. The molecule has 0 aliphatic carbocycles. The first-order valence-corrected chi connectivity index (χ1v) is 6.32. The number of aliphatic hydroxyl groups is 2. The molecule has 0 aliphatic heterocycles. The monoisotopic (exact) mass is 266 g/mol. The van der Waals surface area contributed by atoms with Crippen LogP contribution in [-0.4, -0.2) is 42.4 Å². The summed E-state index contributed by atoms with van der Waals surface area (Å²) in [5, 5.41) is 23.6. The zero-order chi connectivity index (χ0) is 14.3.